The lowest BCUT2D eigenvalue weighted by molar-refractivity contribution is 0.0827. The number of amides is 1. The van der Waals surface area contributed by atoms with Gasteiger partial charge in [0.1, 0.15) is 0 Å². The van der Waals surface area contributed by atoms with Crippen LogP contribution >= 0.6 is 11.8 Å². The van der Waals surface area contributed by atoms with Crippen LogP contribution in [0.5, 0.6) is 0 Å². The second-order valence-corrected chi connectivity index (χ2v) is 8.41. The first-order valence-electron chi connectivity index (χ1n) is 9.91. The Balaban J connectivity index is 1.93. The molecule has 150 valence electrons. The number of guanidine groups is 1. The van der Waals surface area contributed by atoms with Crippen LogP contribution in [0.4, 0.5) is 0 Å². The lowest BCUT2D eigenvalue weighted by Crippen LogP contribution is -2.45. The van der Waals surface area contributed by atoms with Crippen molar-refractivity contribution in [3.8, 4) is 0 Å². The number of nitrogens with zero attached hydrogens (tertiary/aromatic N) is 2. The Morgan fingerprint density at radius 1 is 1.33 bits per heavy atom. The molecule has 0 aromatic heterocycles. The van der Waals surface area contributed by atoms with E-state index in [4.69, 9.17) is 4.99 Å². The second kappa shape index (κ2) is 11.2. The van der Waals surface area contributed by atoms with E-state index in [2.05, 4.69) is 29.9 Å². The van der Waals surface area contributed by atoms with Crippen molar-refractivity contribution < 1.29 is 4.79 Å². The number of carbonyl (C=O) groups excluding carboxylic acids is 1. The van der Waals surface area contributed by atoms with E-state index in [1.165, 1.54) is 25.7 Å². The van der Waals surface area contributed by atoms with Crippen LogP contribution in [-0.2, 0) is 6.42 Å². The van der Waals surface area contributed by atoms with E-state index in [0.29, 0.717) is 12.6 Å². The van der Waals surface area contributed by atoms with Gasteiger partial charge in [-0.3, -0.25) is 9.79 Å². The highest BCUT2D eigenvalue weighted by atomic mass is 32.2. The van der Waals surface area contributed by atoms with Crippen LogP contribution in [0.3, 0.4) is 0 Å². The van der Waals surface area contributed by atoms with Gasteiger partial charge in [0, 0.05) is 44.0 Å². The minimum Gasteiger partial charge on any atom is -0.357 e. The number of hydrogen-bond acceptors (Lipinski definition) is 3. The van der Waals surface area contributed by atoms with Gasteiger partial charge in [0.15, 0.2) is 5.96 Å². The normalized spacial score (nSPS) is 20.2. The predicted octanol–water partition coefficient (Wildman–Crippen LogP) is 3.16. The smallest absolute Gasteiger partial charge is 0.253 e. The molecule has 0 bridgehead atoms. The SMILES string of the molecule is CCNC(=NCCc1cccc(C(=O)N(C)C)c1)NC1CCCC(SC)C1. The molecule has 1 aromatic carbocycles. The maximum Gasteiger partial charge on any atom is 0.253 e. The zero-order valence-electron chi connectivity index (χ0n) is 17.1. The van der Waals surface area contributed by atoms with Gasteiger partial charge in [0.05, 0.1) is 0 Å². The molecule has 1 amide bonds. The van der Waals surface area contributed by atoms with E-state index in [1.807, 2.05) is 30.0 Å². The summed E-state index contributed by atoms with van der Waals surface area (Å²) in [4.78, 5) is 18.5. The van der Waals surface area contributed by atoms with Crippen LogP contribution < -0.4 is 10.6 Å². The van der Waals surface area contributed by atoms with Crippen molar-refractivity contribution in [2.24, 2.45) is 4.99 Å². The van der Waals surface area contributed by atoms with Gasteiger partial charge >= 0.3 is 0 Å². The molecule has 1 aromatic rings. The topological polar surface area (TPSA) is 56.7 Å². The van der Waals surface area contributed by atoms with Gasteiger partial charge in [-0.1, -0.05) is 18.6 Å². The quantitative estimate of drug-likeness (QED) is 0.555. The van der Waals surface area contributed by atoms with Crippen LogP contribution in [0, 0.1) is 0 Å². The summed E-state index contributed by atoms with van der Waals surface area (Å²) in [5.41, 5.74) is 1.87. The van der Waals surface area contributed by atoms with Crippen molar-refractivity contribution in [3.05, 3.63) is 35.4 Å². The number of thioether (sulfide) groups is 1. The molecule has 2 rings (SSSR count). The molecular formula is C21H34N4OS. The molecule has 0 aliphatic heterocycles. The fraction of sp³-hybridized carbons (Fsp3) is 0.619. The molecule has 2 N–H and O–H groups in total. The van der Waals surface area contributed by atoms with E-state index in [0.717, 1.165) is 35.3 Å². The highest BCUT2D eigenvalue weighted by molar-refractivity contribution is 7.99. The third-order valence-corrected chi connectivity index (χ3v) is 5.99. The van der Waals surface area contributed by atoms with E-state index in [1.54, 1.807) is 19.0 Å². The summed E-state index contributed by atoms with van der Waals surface area (Å²) in [6.45, 7) is 3.66. The third-order valence-electron chi connectivity index (χ3n) is 4.90. The largest absolute Gasteiger partial charge is 0.357 e. The molecule has 0 saturated heterocycles. The van der Waals surface area contributed by atoms with Crippen molar-refractivity contribution in [2.75, 3.05) is 33.4 Å². The first-order valence-corrected chi connectivity index (χ1v) is 11.2. The predicted molar refractivity (Wildman–Crippen MR) is 117 cm³/mol. The van der Waals surface area contributed by atoms with Crippen molar-refractivity contribution in [1.29, 1.82) is 0 Å². The summed E-state index contributed by atoms with van der Waals surface area (Å²) in [6, 6.07) is 8.36. The van der Waals surface area contributed by atoms with E-state index in [-0.39, 0.29) is 5.91 Å². The number of hydrogen-bond donors (Lipinski definition) is 2. The standard InChI is InChI=1S/C21H34N4OS/c1-5-22-21(24-18-10-7-11-19(15-18)27-4)23-13-12-16-8-6-9-17(14-16)20(26)25(2)3/h6,8-9,14,18-19H,5,7,10-13,15H2,1-4H3,(H2,22,23,24). The van der Waals surface area contributed by atoms with Gasteiger partial charge in [-0.05, 0) is 56.6 Å². The fourth-order valence-corrected chi connectivity index (χ4v) is 4.25. The van der Waals surface area contributed by atoms with Crippen LogP contribution in [0.15, 0.2) is 29.3 Å². The van der Waals surface area contributed by atoms with Gasteiger partial charge in [-0.25, -0.2) is 0 Å². The van der Waals surface area contributed by atoms with Crippen molar-refractivity contribution in [2.45, 2.75) is 50.3 Å². The van der Waals surface area contributed by atoms with Crippen molar-refractivity contribution in [3.63, 3.8) is 0 Å². The average molecular weight is 391 g/mol. The van der Waals surface area contributed by atoms with Crippen LogP contribution in [-0.4, -0.2) is 61.5 Å². The Labute approximate surface area is 168 Å². The Kier molecular flexibility index (Phi) is 8.98. The highest BCUT2D eigenvalue weighted by Gasteiger charge is 2.21. The molecule has 1 fully saturated rings. The van der Waals surface area contributed by atoms with E-state index >= 15 is 0 Å². The zero-order valence-corrected chi connectivity index (χ0v) is 17.9. The molecule has 2 unspecified atom stereocenters. The Hall–Kier alpha value is -1.69. The molecule has 1 saturated carbocycles. The Morgan fingerprint density at radius 3 is 2.85 bits per heavy atom. The summed E-state index contributed by atoms with van der Waals surface area (Å²) in [7, 11) is 3.56. The lowest BCUT2D eigenvalue weighted by atomic mass is 9.95. The molecule has 0 heterocycles. The molecule has 1 aliphatic rings. The molecule has 6 heteroatoms. The minimum absolute atomic E-state index is 0.0380. The fourth-order valence-electron chi connectivity index (χ4n) is 3.42. The van der Waals surface area contributed by atoms with Gasteiger partial charge < -0.3 is 15.5 Å². The van der Waals surface area contributed by atoms with Gasteiger partial charge in [-0.15, -0.1) is 0 Å². The van der Waals surface area contributed by atoms with Crippen LogP contribution in [0.2, 0.25) is 0 Å². The number of aliphatic imine (C=N–C) groups is 1. The van der Waals surface area contributed by atoms with Crippen LogP contribution in [0.1, 0.15) is 48.5 Å². The number of nitrogens with one attached hydrogen (secondary N) is 2. The van der Waals surface area contributed by atoms with Crippen molar-refractivity contribution >= 4 is 23.6 Å². The zero-order chi connectivity index (χ0) is 19.6. The third kappa shape index (κ3) is 7.09. The summed E-state index contributed by atoms with van der Waals surface area (Å²) in [5, 5.41) is 7.74. The van der Waals surface area contributed by atoms with E-state index < -0.39 is 0 Å². The highest BCUT2D eigenvalue weighted by Crippen LogP contribution is 2.26. The molecular weight excluding hydrogens is 356 g/mol. The molecule has 5 nitrogen and oxygen atoms in total. The molecule has 0 radical (unpaired) electrons. The summed E-state index contributed by atoms with van der Waals surface area (Å²) >= 11 is 1.98. The number of rotatable bonds is 7. The Morgan fingerprint density at radius 2 is 2.15 bits per heavy atom. The van der Waals surface area contributed by atoms with Gasteiger partial charge in [0.25, 0.3) is 5.91 Å². The maximum atomic E-state index is 12.1. The molecule has 2 atom stereocenters. The summed E-state index contributed by atoms with van der Waals surface area (Å²) in [6.07, 6.45) is 8.07. The number of benzene rings is 1. The first-order chi connectivity index (χ1) is 13.0. The summed E-state index contributed by atoms with van der Waals surface area (Å²) in [5.74, 6) is 0.945. The maximum absolute atomic E-state index is 12.1. The van der Waals surface area contributed by atoms with E-state index in [9.17, 15) is 4.79 Å². The average Bonchev–Trinajstić information content (AvgIpc) is 2.68. The Bertz CT molecular complexity index is 632. The monoisotopic (exact) mass is 390 g/mol. The molecule has 27 heavy (non-hydrogen) atoms. The first kappa shape index (κ1) is 21.6. The molecule has 1 aliphatic carbocycles. The number of carbonyl (C=O) groups is 1. The molecule has 0 spiro atoms. The van der Waals surface area contributed by atoms with Gasteiger partial charge in [0.2, 0.25) is 0 Å². The minimum atomic E-state index is 0.0380. The van der Waals surface area contributed by atoms with Gasteiger partial charge in [-0.2, -0.15) is 11.8 Å². The second-order valence-electron chi connectivity index (χ2n) is 7.28. The summed E-state index contributed by atoms with van der Waals surface area (Å²) < 4.78 is 0. The van der Waals surface area contributed by atoms with Crippen molar-refractivity contribution in [1.82, 2.24) is 15.5 Å². The lowest BCUT2D eigenvalue weighted by Gasteiger charge is -2.29. The van der Waals surface area contributed by atoms with Crippen LogP contribution in [0.25, 0.3) is 0 Å².